The summed E-state index contributed by atoms with van der Waals surface area (Å²) in [6.45, 7) is 9.05. The number of likely N-dealkylation sites (tertiary alicyclic amines) is 1. The molecule has 0 unspecified atom stereocenters. The highest BCUT2D eigenvalue weighted by molar-refractivity contribution is 5.93. The second-order valence-corrected chi connectivity index (χ2v) is 5.99. The second-order valence-electron chi connectivity index (χ2n) is 5.99. The lowest BCUT2D eigenvalue weighted by molar-refractivity contribution is -0.117. The van der Waals surface area contributed by atoms with Crippen LogP contribution in [0.2, 0.25) is 0 Å². The van der Waals surface area contributed by atoms with E-state index in [1.54, 1.807) is 0 Å². The monoisotopic (exact) mass is 274 g/mol. The van der Waals surface area contributed by atoms with Crippen molar-refractivity contribution in [1.82, 2.24) is 4.90 Å². The maximum absolute atomic E-state index is 12.3. The summed E-state index contributed by atoms with van der Waals surface area (Å²) < 4.78 is 0. The Morgan fingerprint density at radius 3 is 2.95 bits per heavy atom. The molecule has 20 heavy (non-hydrogen) atoms. The average Bonchev–Trinajstić information content (AvgIpc) is 2.41. The normalized spacial score (nSPS) is 19.9. The first-order valence-electron chi connectivity index (χ1n) is 7.70. The van der Waals surface area contributed by atoms with Crippen LogP contribution in [0, 0.1) is 12.8 Å². The van der Waals surface area contributed by atoms with Crippen molar-refractivity contribution in [2.75, 3.05) is 25.0 Å². The van der Waals surface area contributed by atoms with Crippen LogP contribution in [0.4, 0.5) is 5.69 Å². The smallest absolute Gasteiger partial charge is 0.238 e. The predicted molar refractivity (Wildman–Crippen MR) is 84.0 cm³/mol. The van der Waals surface area contributed by atoms with E-state index >= 15 is 0 Å². The van der Waals surface area contributed by atoms with Crippen molar-refractivity contribution in [3.8, 4) is 0 Å². The zero-order chi connectivity index (χ0) is 14.5. The van der Waals surface area contributed by atoms with Crippen LogP contribution in [0.25, 0.3) is 0 Å². The number of benzene rings is 1. The maximum atomic E-state index is 12.3. The lowest BCUT2D eigenvalue weighted by Gasteiger charge is -2.30. The van der Waals surface area contributed by atoms with Crippen molar-refractivity contribution in [3.05, 3.63) is 29.3 Å². The zero-order valence-corrected chi connectivity index (χ0v) is 12.9. The lowest BCUT2D eigenvalue weighted by atomic mass is 10.0. The van der Waals surface area contributed by atoms with E-state index in [0.717, 1.165) is 30.8 Å². The standard InChI is InChI=1S/C17H26N2O/c1-4-15-9-5-8-14(3)17(15)18-16(20)12-19-10-6-7-13(2)11-19/h5,8-9,13H,4,6-7,10-12H2,1-3H3,(H,18,20)/t13-/m1/s1. The highest BCUT2D eigenvalue weighted by Crippen LogP contribution is 2.21. The average molecular weight is 274 g/mol. The van der Waals surface area contributed by atoms with Gasteiger partial charge in [0.05, 0.1) is 6.54 Å². The fourth-order valence-corrected chi connectivity index (χ4v) is 3.01. The number of carbonyl (C=O) groups excluding carboxylic acids is 1. The molecule has 1 atom stereocenters. The summed E-state index contributed by atoms with van der Waals surface area (Å²) in [7, 11) is 0. The highest BCUT2D eigenvalue weighted by Gasteiger charge is 2.19. The first kappa shape index (κ1) is 15.0. The van der Waals surface area contributed by atoms with Gasteiger partial charge < -0.3 is 5.32 Å². The van der Waals surface area contributed by atoms with Crippen molar-refractivity contribution < 1.29 is 4.79 Å². The van der Waals surface area contributed by atoms with Gasteiger partial charge in [-0.2, -0.15) is 0 Å². The number of aryl methyl sites for hydroxylation is 2. The fourth-order valence-electron chi connectivity index (χ4n) is 3.01. The molecular formula is C17H26N2O. The number of nitrogens with zero attached hydrogens (tertiary/aromatic N) is 1. The third kappa shape index (κ3) is 3.83. The minimum Gasteiger partial charge on any atom is -0.324 e. The number of hydrogen-bond donors (Lipinski definition) is 1. The van der Waals surface area contributed by atoms with Crippen LogP contribution < -0.4 is 5.32 Å². The summed E-state index contributed by atoms with van der Waals surface area (Å²) >= 11 is 0. The molecule has 3 nitrogen and oxygen atoms in total. The van der Waals surface area contributed by atoms with E-state index in [0.29, 0.717) is 12.5 Å². The summed E-state index contributed by atoms with van der Waals surface area (Å²) in [6, 6.07) is 6.19. The van der Waals surface area contributed by atoms with Gasteiger partial charge in [0.25, 0.3) is 0 Å². The van der Waals surface area contributed by atoms with Crippen molar-refractivity contribution >= 4 is 11.6 Å². The number of nitrogens with one attached hydrogen (secondary N) is 1. The summed E-state index contributed by atoms with van der Waals surface area (Å²) in [5.41, 5.74) is 3.36. The molecule has 1 aromatic rings. The molecule has 1 aromatic carbocycles. The third-order valence-electron chi connectivity index (χ3n) is 4.11. The number of hydrogen-bond acceptors (Lipinski definition) is 2. The molecule has 2 rings (SSSR count). The van der Waals surface area contributed by atoms with Gasteiger partial charge in [-0.3, -0.25) is 9.69 Å². The number of piperidine rings is 1. The van der Waals surface area contributed by atoms with E-state index in [1.165, 1.54) is 18.4 Å². The van der Waals surface area contributed by atoms with Gasteiger partial charge >= 0.3 is 0 Å². The molecule has 1 fully saturated rings. The van der Waals surface area contributed by atoms with Crippen molar-refractivity contribution in [1.29, 1.82) is 0 Å². The maximum Gasteiger partial charge on any atom is 0.238 e. The van der Waals surface area contributed by atoms with Gasteiger partial charge in [-0.05, 0) is 49.8 Å². The number of rotatable bonds is 4. The highest BCUT2D eigenvalue weighted by atomic mass is 16.2. The molecule has 0 aromatic heterocycles. The molecular weight excluding hydrogens is 248 g/mol. The van der Waals surface area contributed by atoms with Crippen molar-refractivity contribution in [2.24, 2.45) is 5.92 Å². The summed E-state index contributed by atoms with van der Waals surface area (Å²) in [6.07, 6.45) is 3.44. The van der Waals surface area contributed by atoms with Crippen LogP contribution in [-0.2, 0) is 11.2 Å². The van der Waals surface area contributed by atoms with Crippen LogP contribution in [0.5, 0.6) is 0 Å². The minimum atomic E-state index is 0.114. The van der Waals surface area contributed by atoms with E-state index in [-0.39, 0.29) is 5.91 Å². The molecule has 3 heteroatoms. The first-order chi connectivity index (χ1) is 9.60. The van der Waals surface area contributed by atoms with Crippen LogP contribution >= 0.6 is 0 Å². The molecule has 0 bridgehead atoms. The van der Waals surface area contributed by atoms with Crippen LogP contribution in [0.3, 0.4) is 0 Å². The van der Waals surface area contributed by atoms with E-state index in [4.69, 9.17) is 0 Å². The Morgan fingerprint density at radius 1 is 1.45 bits per heavy atom. The van der Waals surface area contributed by atoms with Crippen molar-refractivity contribution in [3.63, 3.8) is 0 Å². The van der Waals surface area contributed by atoms with Gasteiger partial charge in [0.2, 0.25) is 5.91 Å². The van der Waals surface area contributed by atoms with Crippen LogP contribution in [-0.4, -0.2) is 30.4 Å². The molecule has 0 spiro atoms. The Labute approximate surface area is 122 Å². The topological polar surface area (TPSA) is 32.3 Å². The molecule has 0 aliphatic carbocycles. The quantitative estimate of drug-likeness (QED) is 0.914. The summed E-state index contributed by atoms with van der Waals surface area (Å²) in [5, 5.41) is 3.11. The molecule has 1 saturated heterocycles. The molecule has 1 aliphatic rings. The van der Waals surface area contributed by atoms with Gasteiger partial charge in [0, 0.05) is 12.2 Å². The van der Waals surface area contributed by atoms with Gasteiger partial charge in [0.1, 0.15) is 0 Å². The van der Waals surface area contributed by atoms with Crippen LogP contribution in [0.1, 0.15) is 37.8 Å². The number of para-hydroxylation sites is 1. The molecule has 1 N–H and O–H groups in total. The Morgan fingerprint density at radius 2 is 2.25 bits per heavy atom. The van der Waals surface area contributed by atoms with E-state index < -0.39 is 0 Å². The largest absolute Gasteiger partial charge is 0.324 e. The van der Waals surface area contributed by atoms with E-state index in [1.807, 2.05) is 0 Å². The Bertz CT molecular complexity index is 470. The van der Waals surface area contributed by atoms with Gasteiger partial charge in [-0.25, -0.2) is 0 Å². The zero-order valence-electron chi connectivity index (χ0n) is 12.9. The molecule has 1 heterocycles. The predicted octanol–water partition coefficient (Wildman–Crippen LogP) is 3.23. The molecule has 0 radical (unpaired) electrons. The van der Waals surface area contributed by atoms with Crippen molar-refractivity contribution in [2.45, 2.75) is 40.0 Å². The lowest BCUT2D eigenvalue weighted by Crippen LogP contribution is -2.39. The first-order valence-corrected chi connectivity index (χ1v) is 7.70. The molecule has 0 saturated carbocycles. The third-order valence-corrected chi connectivity index (χ3v) is 4.11. The molecule has 1 amide bonds. The summed E-state index contributed by atoms with van der Waals surface area (Å²) in [4.78, 5) is 14.5. The SMILES string of the molecule is CCc1cccc(C)c1NC(=O)CN1CCC[C@@H](C)C1. The van der Waals surface area contributed by atoms with Gasteiger partial charge in [0.15, 0.2) is 0 Å². The van der Waals surface area contributed by atoms with E-state index in [2.05, 4.69) is 49.2 Å². The second kappa shape index (κ2) is 6.89. The number of carbonyl (C=O) groups is 1. The Balaban J connectivity index is 1.98. The van der Waals surface area contributed by atoms with Crippen LogP contribution in [0.15, 0.2) is 18.2 Å². The Hall–Kier alpha value is -1.35. The number of anilines is 1. The summed E-state index contributed by atoms with van der Waals surface area (Å²) in [5.74, 6) is 0.823. The fraction of sp³-hybridized carbons (Fsp3) is 0.588. The molecule has 110 valence electrons. The number of amides is 1. The Kier molecular flexibility index (Phi) is 5.18. The van der Waals surface area contributed by atoms with Gasteiger partial charge in [-0.15, -0.1) is 0 Å². The molecule has 1 aliphatic heterocycles. The van der Waals surface area contributed by atoms with Gasteiger partial charge in [-0.1, -0.05) is 32.0 Å². The minimum absolute atomic E-state index is 0.114. The van der Waals surface area contributed by atoms with E-state index in [9.17, 15) is 4.79 Å².